The standard InChI is InChI=1S/C10H11N3O3/c1-5-7(4-11-13(5)3)9-12-8(10(14)15)6(2)16-9/h4H,1-3H3,(H,14,15). The predicted octanol–water partition coefficient (Wildman–Crippen LogP) is 1.39. The minimum atomic E-state index is -1.09. The molecule has 0 amide bonds. The second kappa shape index (κ2) is 3.48. The van der Waals surface area contributed by atoms with Crippen LogP contribution in [0.1, 0.15) is 21.9 Å². The summed E-state index contributed by atoms with van der Waals surface area (Å²) in [7, 11) is 1.80. The summed E-state index contributed by atoms with van der Waals surface area (Å²) in [6.07, 6.45) is 1.60. The Bertz CT molecular complexity index is 554. The molecule has 6 nitrogen and oxygen atoms in total. The van der Waals surface area contributed by atoms with Gasteiger partial charge in [0.1, 0.15) is 5.76 Å². The molecular weight excluding hydrogens is 210 g/mol. The van der Waals surface area contributed by atoms with Crippen LogP contribution >= 0.6 is 0 Å². The van der Waals surface area contributed by atoms with Gasteiger partial charge < -0.3 is 9.52 Å². The molecule has 2 aromatic rings. The van der Waals surface area contributed by atoms with E-state index in [2.05, 4.69) is 10.1 Å². The van der Waals surface area contributed by atoms with Gasteiger partial charge in [0.2, 0.25) is 5.89 Å². The van der Waals surface area contributed by atoms with Crippen molar-refractivity contribution in [2.24, 2.45) is 7.05 Å². The van der Waals surface area contributed by atoms with E-state index in [9.17, 15) is 4.79 Å². The molecule has 0 bridgehead atoms. The molecule has 16 heavy (non-hydrogen) atoms. The first kappa shape index (κ1) is 10.4. The lowest BCUT2D eigenvalue weighted by Gasteiger charge is -1.94. The zero-order chi connectivity index (χ0) is 11.9. The van der Waals surface area contributed by atoms with Crippen LogP contribution in [-0.2, 0) is 7.05 Å². The highest BCUT2D eigenvalue weighted by Gasteiger charge is 2.19. The Kier molecular flexibility index (Phi) is 2.26. The molecule has 0 saturated heterocycles. The van der Waals surface area contributed by atoms with E-state index in [1.54, 1.807) is 24.9 Å². The molecule has 0 aromatic carbocycles. The van der Waals surface area contributed by atoms with Crippen LogP contribution in [0, 0.1) is 13.8 Å². The minimum absolute atomic E-state index is 0.0572. The van der Waals surface area contributed by atoms with Crippen molar-refractivity contribution in [1.29, 1.82) is 0 Å². The van der Waals surface area contributed by atoms with Crippen molar-refractivity contribution in [3.63, 3.8) is 0 Å². The van der Waals surface area contributed by atoms with Crippen LogP contribution in [0.4, 0.5) is 0 Å². The van der Waals surface area contributed by atoms with Crippen molar-refractivity contribution in [3.05, 3.63) is 23.3 Å². The Hall–Kier alpha value is -2.11. The molecule has 2 heterocycles. The lowest BCUT2D eigenvalue weighted by atomic mass is 10.2. The highest BCUT2D eigenvalue weighted by atomic mass is 16.4. The number of carboxylic acids is 1. The predicted molar refractivity (Wildman–Crippen MR) is 55.1 cm³/mol. The molecule has 0 aliphatic rings. The topological polar surface area (TPSA) is 81.2 Å². The molecular formula is C10H11N3O3. The zero-order valence-electron chi connectivity index (χ0n) is 9.18. The van der Waals surface area contributed by atoms with Crippen LogP contribution in [0.3, 0.4) is 0 Å². The molecule has 1 N–H and O–H groups in total. The number of oxazole rings is 1. The van der Waals surface area contributed by atoms with E-state index < -0.39 is 5.97 Å². The van der Waals surface area contributed by atoms with E-state index in [1.165, 1.54) is 0 Å². The van der Waals surface area contributed by atoms with Gasteiger partial charge in [0, 0.05) is 12.7 Å². The maximum Gasteiger partial charge on any atom is 0.358 e. The van der Waals surface area contributed by atoms with Gasteiger partial charge in [-0.2, -0.15) is 5.10 Å². The SMILES string of the molecule is Cc1oc(-c2cnn(C)c2C)nc1C(=O)O. The number of aryl methyl sites for hydroxylation is 2. The van der Waals surface area contributed by atoms with Crippen LogP contribution in [-0.4, -0.2) is 25.8 Å². The van der Waals surface area contributed by atoms with Crippen LogP contribution in [0.5, 0.6) is 0 Å². The molecule has 0 aliphatic heterocycles. The fraction of sp³-hybridized carbons (Fsp3) is 0.300. The number of aromatic carboxylic acids is 1. The van der Waals surface area contributed by atoms with Gasteiger partial charge in [-0.05, 0) is 13.8 Å². The van der Waals surface area contributed by atoms with Crippen molar-refractivity contribution in [2.45, 2.75) is 13.8 Å². The maximum atomic E-state index is 10.8. The molecule has 6 heteroatoms. The zero-order valence-corrected chi connectivity index (χ0v) is 9.18. The molecule has 0 fully saturated rings. The summed E-state index contributed by atoms with van der Waals surface area (Å²) < 4.78 is 6.99. The third-order valence-corrected chi connectivity index (χ3v) is 2.46. The number of hydrogen-bond acceptors (Lipinski definition) is 4. The van der Waals surface area contributed by atoms with Gasteiger partial charge in [0.15, 0.2) is 5.69 Å². The Morgan fingerprint density at radius 3 is 2.62 bits per heavy atom. The molecule has 2 aromatic heterocycles. The van der Waals surface area contributed by atoms with Gasteiger partial charge >= 0.3 is 5.97 Å². The first-order chi connectivity index (χ1) is 7.50. The lowest BCUT2D eigenvalue weighted by Crippen LogP contribution is -1.98. The Labute approximate surface area is 91.5 Å². The fourth-order valence-electron chi connectivity index (χ4n) is 1.42. The summed E-state index contributed by atoms with van der Waals surface area (Å²) in [5.74, 6) is -0.500. The van der Waals surface area contributed by atoms with E-state index in [0.717, 1.165) is 5.69 Å². The third-order valence-electron chi connectivity index (χ3n) is 2.46. The van der Waals surface area contributed by atoms with E-state index in [-0.39, 0.29) is 5.69 Å². The molecule has 0 radical (unpaired) electrons. The first-order valence-corrected chi connectivity index (χ1v) is 4.70. The second-order valence-corrected chi connectivity index (χ2v) is 3.50. The summed E-state index contributed by atoms with van der Waals surface area (Å²) in [4.78, 5) is 14.7. The van der Waals surface area contributed by atoms with Crippen molar-refractivity contribution in [1.82, 2.24) is 14.8 Å². The summed E-state index contributed by atoms with van der Waals surface area (Å²) >= 11 is 0. The van der Waals surface area contributed by atoms with Crippen molar-refractivity contribution >= 4 is 5.97 Å². The van der Waals surface area contributed by atoms with Crippen molar-refractivity contribution in [2.75, 3.05) is 0 Å². The Balaban J connectivity index is 2.53. The number of carboxylic acid groups (broad SMARTS) is 1. The van der Waals surface area contributed by atoms with E-state index in [1.807, 2.05) is 6.92 Å². The van der Waals surface area contributed by atoms with Gasteiger partial charge in [0.25, 0.3) is 0 Å². The molecule has 0 saturated carbocycles. The highest BCUT2D eigenvalue weighted by Crippen LogP contribution is 2.24. The Morgan fingerprint density at radius 1 is 1.50 bits per heavy atom. The molecule has 84 valence electrons. The van der Waals surface area contributed by atoms with Crippen LogP contribution in [0.15, 0.2) is 10.6 Å². The summed E-state index contributed by atoms with van der Waals surface area (Å²) in [5.41, 5.74) is 1.52. The first-order valence-electron chi connectivity index (χ1n) is 4.70. The third kappa shape index (κ3) is 1.48. The largest absolute Gasteiger partial charge is 0.476 e. The molecule has 2 rings (SSSR count). The van der Waals surface area contributed by atoms with E-state index in [4.69, 9.17) is 9.52 Å². The molecule has 0 unspecified atom stereocenters. The fourth-order valence-corrected chi connectivity index (χ4v) is 1.42. The lowest BCUT2D eigenvalue weighted by molar-refractivity contribution is 0.0689. The summed E-state index contributed by atoms with van der Waals surface area (Å²) in [6.45, 7) is 3.44. The van der Waals surface area contributed by atoms with E-state index >= 15 is 0 Å². The summed E-state index contributed by atoms with van der Waals surface area (Å²) in [5, 5.41) is 12.9. The van der Waals surface area contributed by atoms with Crippen molar-refractivity contribution < 1.29 is 14.3 Å². The maximum absolute atomic E-state index is 10.8. The average Bonchev–Trinajstić information content (AvgIpc) is 2.73. The monoisotopic (exact) mass is 221 g/mol. The summed E-state index contributed by atoms with van der Waals surface area (Å²) in [6, 6.07) is 0. The van der Waals surface area contributed by atoms with Gasteiger partial charge in [-0.1, -0.05) is 0 Å². The van der Waals surface area contributed by atoms with Gasteiger partial charge in [-0.15, -0.1) is 0 Å². The van der Waals surface area contributed by atoms with Crippen LogP contribution in [0.2, 0.25) is 0 Å². The second-order valence-electron chi connectivity index (χ2n) is 3.50. The van der Waals surface area contributed by atoms with Gasteiger partial charge in [-0.25, -0.2) is 9.78 Å². The van der Waals surface area contributed by atoms with Crippen LogP contribution in [0.25, 0.3) is 11.5 Å². The molecule has 0 atom stereocenters. The van der Waals surface area contributed by atoms with Crippen LogP contribution < -0.4 is 0 Å². The molecule has 0 spiro atoms. The quantitative estimate of drug-likeness (QED) is 0.828. The molecule has 0 aliphatic carbocycles. The number of hydrogen-bond donors (Lipinski definition) is 1. The highest BCUT2D eigenvalue weighted by molar-refractivity contribution is 5.87. The van der Waals surface area contributed by atoms with Gasteiger partial charge in [0.05, 0.1) is 11.8 Å². The number of aromatic nitrogens is 3. The normalized spacial score (nSPS) is 10.7. The smallest absolute Gasteiger partial charge is 0.358 e. The minimum Gasteiger partial charge on any atom is -0.476 e. The number of nitrogens with zero attached hydrogens (tertiary/aromatic N) is 3. The van der Waals surface area contributed by atoms with Gasteiger partial charge in [-0.3, -0.25) is 4.68 Å². The number of rotatable bonds is 2. The van der Waals surface area contributed by atoms with Crippen molar-refractivity contribution in [3.8, 4) is 11.5 Å². The Morgan fingerprint density at radius 2 is 2.19 bits per heavy atom. The van der Waals surface area contributed by atoms with E-state index in [0.29, 0.717) is 17.2 Å². The number of carbonyl (C=O) groups is 1. The average molecular weight is 221 g/mol.